The zero-order valence-electron chi connectivity index (χ0n) is 24.0. The molecule has 0 bridgehead atoms. The van der Waals surface area contributed by atoms with Crippen molar-refractivity contribution in [3.8, 4) is 11.4 Å². The Morgan fingerprint density at radius 3 is 2.70 bits per heavy atom. The first-order valence-electron chi connectivity index (χ1n) is 14.8. The average molecular weight is 616 g/mol. The molecule has 222 valence electrons. The third-order valence-corrected chi connectivity index (χ3v) is 10.3. The van der Waals surface area contributed by atoms with Crippen LogP contribution in [0.15, 0.2) is 57.8 Å². The van der Waals surface area contributed by atoms with Gasteiger partial charge in [0.05, 0.1) is 10.5 Å². The zero-order valence-corrected chi connectivity index (χ0v) is 25.6. The highest BCUT2D eigenvalue weighted by Crippen LogP contribution is 2.41. The summed E-state index contributed by atoms with van der Waals surface area (Å²) in [5.74, 6) is 0.675. The number of aromatic nitrogens is 4. The number of nitrogens with one attached hydrogen (secondary N) is 1. The van der Waals surface area contributed by atoms with E-state index < -0.39 is 4.92 Å². The van der Waals surface area contributed by atoms with E-state index in [1.54, 1.807) is 36.0 Å². The predicted molar refractivity (Wildman–Crippen MR) is 169 cm³/mol. The van der Waals surface area contributed by atoms with Crippen molar-refractivity contribution in [3.05, 3.63) is 74.4 Å². The number of benzene rings is 1. The first-order valence-corrected chi connectivity index (χ1v) is 16.4. The van der Waals surface area contributed by atoms with Crippen LogP contribution in [0.2, 0.25) is 0 Å². The van der Waals surface area contributed by atoms with Gasteiger partial charge in [-0.05, 0) is 81.0 Å². The van der Waals surface area contributed by atoms with Crippen molar-refractivity contribution in [1.29, 1.82) is 0 Å². The Balaban J connectivity index is 1.34. The lowest BCUT2D eigenvalue weighted by Crippen LogP contribution is -2.36. The van der Waals surface area contributed by atoms with E-state index in [2.05, 4.69) is 20.5 Å². The first kappa shape index (κ1) is 29.2. The molecule has 0 atom stereocenters. The molecule has 6 rings (SSSR count). The van der Waals surface area contributed by atoms with E-state index in [-0.39, 0.29) is 17.6 Å². The van der Waals surface area contributed by atoms with E-state index in [0.717, 1.165) is 73.2 Å². The van der Waals surface area contributed by atoms with Gasteiger partial charge in [-0.3, -0.25) is 19.9 Å². The lowest BCUT2D eigenvalue weighted by molar-refractivity contribution is -0.384. The fourth-order valence-electron chi connectivity index (χ4n) is 5.81. The number of aliphatic imine (C=N–C) groups is 1. The van der Waals surface area contributed by atoms with Crippen LogP contribution in [0.4, 0.5) is 10.7 Å². The molecule has 0 saturated heterocycles. The van der Waals surface area contributed by atoms with Crippen LogP contribution in [-0.2, 0) is 19.4 Å². The van der Waals surface area contributed by atoms with E-state index in [1.807, 2.05) is 23.6 Å². The fraction of sp³-hybridized carbons (Fsp3) is 0.387. The Morgan fingerprint density at radius 2 is 1.93 bits per heavy atom. The fourth-order valence-corrected chi connectivity index (χ4v) is 8.01. The van der Waals surface area contributed by atoms with Crippen molar-refractivity contribution in [3.63, 3.8) is 0 Å². The molecule has 3 aromatic heterocycles. The van der Waals surface area contributed by atoms with Gasteiger partial charge in [0.1, 0.15) is 5.00 Å². The molecule has 2 aliphatic carbocycles. The largest absolute Gasteiger partial charge is 0.349 e. The lowest BCUT2D eigenvalue weighted by Gasteiger charge is -2.23. The van der Waals surface area contributed by atoms with Gasteiger partial charge in [0.25, 0.3) is 11.6 Å². The summed E-state index contributed by atoms with van der Waals surface area (Å²) in [6.07, 6.45) is 14.6. The molecule has 0 radical (unpaired) electrons. The van der Waals surface area contributed by atoms with Crippen molar-refractivity contribution < 1.29 is 9.72 Å². The van der Waals surface area contributed by atoms with Crippen LogP contribution in [0.5, 0.6) is 0 Å². The Labute approximate surface area is 258 Å². The molecule has 2 aliphatic rings. The number of fused-ring (bicyclic) bond motifs is 1. The highest BCUT2D eigenvalue weighted by Gasteiger charge is 2.27. The molecular weight excluding hydrogens is 583 g/mol. The molecule has 1 fully saturated rings. The number of nitrogens with zero attached hydrogens (tertiary/aromatic N) is 6. The van der Waals surface area contributed by atoms with Crippen LogP contribution in [0.25, 0.3) is 11.4 Å². The van der Waals surface area contributed by atoms with E-state index >= 15 is 0 Å². The minimum absolute atomic E-state index is 0.0269. The minimum atomic E-state index is -0.408. The molecule has 1 N–H and O–H groups in total. The van der Waals surface area contributed by atoms with Gasteiger partial charge >= 0.3 is 0 Å². The molecule has 12 heteroatoms. The van der Waals surface area contributed by atoms with E-state index in [9.17, 15) is 14.9 Å². The third-order valence-electron chi connectivity index (χ3n) is 8.02. The highest BCUT2D eigenvalue weighted by molar-refractivity contribution is 7.99. The molecule has 0 spiro atoms. The number of rotatable bonds is 9. The number of aryl methyl sites for hydroxylation is 1. The van der Waals surface area contributed by atoms with Gasteiger partial charge in [0, 0.05) is 64.2 Å². The molecular formula is C31H33N7O3S2. The average Bonchev–Trinajstić information content (AvgIpc) is 3.62. The second-order valence-corrected chi connectivity index (χ2v) is 12.9. The normalized spacial score (nSPS) is 15.5. The van der Waals surface area contributed by atoms with Crippen molar-refractivity contribution in [1.82, 2.24) is 25.1 Å². The van der Waals surface area contributed by atoms with Gasteiger partial charge in [-0.1, -0.05) is 19.3 Å². The lowest BCUT2D eigenvalue weighted by atomic mass is 9.93. The van der Waals surface area contributed by atoms with Gasteiger partial charge < -0.3 is 9.88 Å². The van der Waals surface area contributed by atoms with Crippen LogP contribution in [0, 0.1) is 10.1 Å². The van der Waals surface area contributed by atoms with Crippen molar-refractivity contribution >= 4 is 45.9 Å². The topological polar surface area (TPSA) is 128 Å². The molecule has 0 aliphatic heterocycles. The number of thiophene rings is 1. The Bertz CT molecular complexity index is 1660. The van der Waals surface area contributed by atoms with Crippen LogP contribution in [0.3, 0.4) is 0 Å². The number of nitro groups is 1. The number of carbonyl (C=O) groups excluding carboxylic acids is 1. The SMILES string of the molecule is CCn1c(Sc2ccc([N+](=O)[O-])cc2C=Nc2sc3c(c2C(=O)NC2CCCCC2)CCCC3)nnc1-c1ccncc1. The summed E-state index contributed by atoms with van der Waals surface area (Å²) in [5.41, 5.74) is 3.25. The van der Waals surface area contributed by atoms with Crippen LogP contribution in [0.1, 0.15) is 78.2 Å². The van der Waals surface area contributed by atoms with E-state index in [1.165, 1.54) is 35.2 Å². The smallest absolute Gasteiger partial charge is 0.270 e. The zero-order chi connectivity index (χ0) is 29.8. The number of non-ortho nitro benzene ring substituents is 1. The van der Waals surface area contributed by atoms with E-state index in [0.29, 0.717) is 27.8 Å². The first-order chi connectivity index (χ1) is 21.0. The van der Waals surface area contributed by atoms with Gasteiger partial charge in [0.15, 0.2) is 11.0 Å². The summed E-state index contributed by atoms with van der Waals surface area (Å²) >= 11 is 2.95. The van der Waals surface area contributed by atoms with Crippen LogP contribution in [-0.4, -0.2) is 42.8 Å². The highest BCUT2D eigenvalue weighted by atomic mass is 32.2. The number of nitro benzene ring substituents is 1. The number of carbonyl (C=O) groups is 1. The van der Waals surface area contributed by atoms with Gasteiger partial charge in [-0.15, -0.1) is 21.5 Å². The molecule has 1 saturated carbocycles. The number of pyridine rings is 1. The Kier molecular flexibility index (Phi) is 8.94. The summed E-state index contributed by atoms with van der Waals surface area (Å²) in [4.78, 5) is 35.8. The number of amides is 1. The van der Waals surface area contributed by atoms with Crippen LogP contribution < -0.4 is 5.32 Å². The Hall–Kier alpha value is -3.90. The maximum atomic E-state index is 13.6. The summed E-state index contributed by atoms with van der Waals surface area (Å²) in [7, 11) is 0. The second-order valence-electron chi connectivity index (χ2n) is 10.8. The maximum Gasteiger partial charge on any atom is 0.270 e. The van der Waals surface area contributed by atoms with Crippen molar-refractivity contribution in [2.24, 2.45) is 4.99 Å². The van der Waals surface area contributed by atoms with Gasteiger partial charge in [-0.25, -0.2) is 4.99 Å². The molecule has 1 amide bonds. The van der Waals surface area contributed by atoms with Gasteiger partial charge in [-0.2, -0.15) is 0 Å². The summed E-state index contributed by atoms with van der Waals surface area (Å²) in [6, 6.07) is 8.71. The minimum Gasteiger partial charge on any atom is -0.349 e. The molecule has 1 aromatic carbocycles. The standard InChI is InChI=1S/C31H33N7O3S2/c1-2-37-28(20-14-16-32-17-15-20)35-36-31(37)43-25-13-12-23(38(40)41)18-21(25)19-33-30-27(24-10-6-7-11-26(24)42-30)29(39)34-22-8-4-3-5-9-22/h12-19,22H,2-11H2,1H3,(H,34,39). The molecule has 3 heterocycles. The second kappa shape index (κ2) is 13.2. The molecule has 43 heavy (non-hydrogen) atoms. The molecule has 0 unspecified atom stereocenters. The quantitative estimate of drug-likeness (QED) is 0.120. The van der Waals surface area contributed by atoms with E-state index in [4.69, 9.17) is 4.99 Å². The van der Waals surface area contributed by atoms with Crippen molar-refractivity contribution in [2.45, 2.75) is 87.3 Å². The summed E-state index contributed by atoms with van der Waals surface area (Å²) in [6.45, 7) is 2.67. The summed E-state index contributed by atoms with van der Waals surface area (Å²) in [5, 5.41) is 25.2. The summed E-state index contributed by atoms with van der Waals surface area (Å²) < 4.78 is 2.00. The molecule has 10 nitrogen and oxygen atoms in total. The van der Waals surface area contributed by atoms with Crippen molar-refractivity contribution in [2.75, 3.05) is 0 Å². The van der Waals surface area contributed by atoms with Gasteiger partial charge in [0.2, 0.25) is 0 Å². The Morgan fingerprint density at radius 1 is 1.14 bits per heavy atom. The predicted octanol–water partition coefficient (Wildman–Crippen LogP) is 7.17. The molecule has 4 aromatic rings. The monoisotopic (exact) mass is 615 g/mol. The maximum absolute atomic E-state index is 13.6. The number of hydrogen-bond acceptors (Lipinski definition) is 9. The third kappa shape index (κ3) is 6.40. The van der Waals surface area contributed by atoms with Crippen LogP contribution >= 0.6 is 23.1 Å². The number of hydrogen-bond donors (Lipinski definition) is 1.